The number of ketones is 1. The Morgan fingerprint density at radius 3 is 2.59 bits per heavy atom. The standard InChI is InChI=1S/C30H31NO6/c32-21-7-3-6-19(12-21)27-28-23(31-22(29(27)30(34)35)10-8-17-4-1-2-5-17)13-20(14-24(28)33)18-9-11-25-26(15-18)37-16-36-25/h3,6-7,9,11-12,15,17,20,27,31-32H,1-2,4-5,8,10,13-14,16H2,(H,34,35). The highest BCUT2D eigenvalue weighted by Gasteiger charge is 2.42. The Morgan fingerprint density at radius 1 is 1.00 bits per heavy atom. The van der Waals surface area contributed by atoms with Gasteiger partial charge in [-0.15, -0.1) is 0 Å². The van der Waals surface area contributed by atoms with Crippen LogP contribution < -0.4 is 14.8 Å². The summed E-state index contributed by atoms with van der Waals surface area (Å²) in [5.41, 5.74) is 3.83. The van der Waals surface area contributed by atoms with Gasteiger partial charge in [-0.2, -0.15) is 0 Å². The van der Waals surface area contributed by atoms with Crippen molar-refractivity contribution in [3.05, 3.63) is 76.1 Å². The maximum absolute atomic E-state index is 13.7. The molecule has 2 heterocycles. The molecule has 0 aromatic heterocycles. The molecule has 3 N–H and O–H groups in total. The van der Waals surface area contributed by atoms with Crippen LogP contribution in [-0.2, 0) is 9.59 Å². The molecule has 4 aliphatic rings. The molecule has 1 saturated carbocycles. The number of hydrogen-bond donors (Lipinski definition) is 3. The molecule has 1 fully saturated rings. The van der Waals surface area contributed by atoms with E-state index < -0.39 is 11.9 Å². The molecule has 192 valence electrons. The lowest BCUT2D eigenvalue weighted by Crippen LogP contribution is -2.36. The Kier molecular flexibility index (Phi) is 6.14. The fourth-order valence-electron chi connectivity index (χ4n) is 6.49. The Morgan fingerprint density at radius 2 is 1.81 bits per heavy atom. The van der Waals surface area contributed by atoms with E-state index >= 15 is 0 Å². The molecule has 2 aromatic rings. The van der Waals surface area contributed by atoms with Gasteiger partial charge >= 0.3 is 5.97 Å². The van der Waals surface area contributed by atoms with E-state index in [1.54, 1.807) is 24.3 Å². The highest BCUT2D eigenvalue weighted by molar-refractivity contribution is 6.04. The molecular formula is C30H31NO6. The number of dihydropyridines is 1. The van der Waals surface area contributed by atoms with Crippen molar-refractivity contribution in [1.82, 2.24) is 5.32 Å². The second kappa shape index (κ2) is 9.61. The number of fused-ring (bicyclic) bond motifs is 1. The molecule has 0 spiro atoms. The van der Waals surface area contributed by atoms with Gasteiger partial charge in [-0.05, 0) is 66.5 Å². The minimum absolute atomic E-state index is 0.0527. The van der Waals surface area contributed by atoms with Crippen molar-refractivity contribution in [3.8, 4) is 17.2 Å². The summed E-state index contributed by atoms with van der Waals surface area (Å²) >= 11 is 0. The number of phenolic OH excluding ortho intramolecular Hbond substituents is 1. The number of phenols is 1. The van der Waals surface area contributed by atoms with Crippen molar-refractivity contribution in [2.75, 3.05) is 6.79 Å². The van der Waals surface area contributed by atoms with Gasteiger partial charge in [0.2, 0.25) is 6.79 Å². The summed E-state index contributed by atoms with van der Waals surface area (Å²) in [6.07, 6.45) is 7.26. The van der Waals surface area contributed by atoms with Crippen molar-refractivity contribution in [1.29, 1.82) is 0 Å². The first-order valence-corrected chi connectivity index (χ1v) is 13.2. The van der Waals surface area contributed by atoms with E-state index in [-0.39, 0.29) is 36.2 Å². The predicted molar refractivity (Wildman–Crippen MR) is 136 cm³/mol. The van der Waals surface area contributed by atoms with E-state index in [4.69, 9.17) is 9.47 Å². The number of allylic oxidation sites excluding steroid dienone is 3. The summed E-state index contributed by atoms with van der Waals surface area (Å²) in [7, 11) is 0. The molecule has 7 nitrogen and oxygen atoms in total. The highest BCUT2D eigenvalue weighted by Crippen LogP contribution is 2.48. The van der Waals surface area contributed by atoms with Crippen LogP contribution >= 0.6 is 0 Å². The van der Waals surface area contributed by atoms with Gasteiger partial charge in [0.1, 0.15) is 5.75 Å². The molecule has 2 unspecified atom stereocenters. The Bertz CT molecular complexity index is 1320. The number of aromatic hydroxyl groups is 1. The van der Waals surface area contributed by atoms with E-state index in [0.717, 1.165) is 17.7 Å². The van der Waals surface area contributed by atoms with Gasteiger partial charge in [0.25, 0.3) is 0 Å². The van der Waals surface area contributed by atoms with Crippen LogP contribution in [0.4, 0.5) is 0 Å². The van der Waals surface area contributed by atoms with Crippen LogP contribution in [0, 0.1) is 5.92 Å². The van der Waals surface area contributed by atoms with Gasteiger partial charge in [-0.1, -0.05) is 43.9 Å². The molecule has 7 heteroatoms. The van der Waals surface area contributed by atoms with Crippen molar-refractivity contribution in [2.45, 2.75) is 63.2 Å². The van der Waals surface area contributed by atoms with Crippen LogP contribution in [0.15, 0.2) is 65.0 Å². The van der Waals surface area contributed by atoms with Crippen LogP contribution in [0.2, 0.25) is 0 Å². The van der Waals surface area contributed by atoms with E-state index in [2.05, 4.69) is 5.32 Å². The minimum atomic E-state index is -1.03. The number of Topliss-reactive ketones (excluding diaryl/α,β-unsaturated/α-hetero) is 1. The van der Waals surface area contributed by atoms with Gasteiger partial charge in [0, 0.05) is 29.3 Å². The third-order valence-electron chi connectivity index (χ3n) is 8.29. The van der Waals surface area contributed by atoms with Gasteiger partial charge < -0.3 is 25.0 Å². The van der Waals surface area contributed by atoms with E-state index in [1.807, 2.05) is 18.2 Å². The monoisotopic (exact) mass is 501 g/mol. The normalized spacial score (nSPS) is 23.3. The van der Waals surface area contributed by atoms with Crippen molar-refractivity contribution in [2.24, 2.45) is 5.92 Å². The van der Waals surface area contributed by atoms with Crippen molar-refractivity contribution in [3.63, 3.8) is 0 Å². The summed E-state index contributed by atoms with van der Waals surface area (Å²) in [4.78, 5) is 26.4. The number of rotatable bonds is 6. The SMILES string of the molecule is O=C(O)C1=C(CCC2CCCC2)NC2=C(C(=O)CC(c3ccc4c(c3)OCO4)C2)C1c1cccc(O)c1. The number of aliphatic carboxylic acids is 1. The van der Waals surface area contributed by atoms with Crippen LogP contribution in [-0.4, -0.2) is 28.8 Å². The lowest BCUT2D eigenvalue weighted by molar-refractivity contribution is -0.133. The van der Waals surface area contributed by atoms with E-state index in [1.165, 1.54) is 25.7 Å². The number of nitrogens with one attached hydrogen (secondary N) is 1. The van der Waals surface area contributed by atoms with Crippen LogP contribution in [0.3, 0.4) is 0 Å². The number of carbonyl (C=O) groups is 2. The van der Waals surface area contributed by atoms with Gasteiger partial charge in [0.15, 0.2) is 17.3 Å². The van der Waals surface area contributed by atoms with Gasteiger partial charge in [-0.25, -0.2) is 4.79 Å². The summed E-state index contributed by atoms with van der Waals surface area (Å²) < 4.78 is 11.0. The molecule has 0 bridgehead atoms. The van der Waals surface area contributed by atoms with Crippen LogP contribution in [0.25, 0.3) is 0 Å². The smallest absolute Gasteiger partial charge is 0.334 e. The van der Waals surface area contributed by atoms with E-state index in [0.29, 0.717) is 47.1 Å². The van der Waals surface area contributed by atoms with Crippen LogP contribution in [0.1, 0.15) is 74.3 Å². The lowest BCUT2D eigenvalue weighted by Gasteiger charge is -2.37. The molecule has 0 amide bonds. The molecule has 2 aliphatic heterocycles. The number of benzene rings is 2. The molecule has 2 aromatic carbocycles. The Hall–Kier alpha value is -3.74. The summed E-state index contributed by atoms with van der Waals surface area (Å²) in [5.74, 6) is 0.173. The molecule has 2 aliphatic carbocycles. The second-order valence-corrected chi connectivity index (χ2v) is 10.6. The maximum Gasteiger partial charge on any atom is 0.334 e. The summed E-state index contributed by atoms with van der Waals surface area (Å²) in [6.45, 7) is 0.192. The number of carbonyl (C=O) groups excluding carboxylic acids is 1. The predicted octanol–water partition coefficient (Wildman–Crippen LogP) is 5.52. The zero-order valence-corrected chi connectivity index (χ0v) is 20.7. The largest absolute Gasteiger partial charge is 0.508 e. The Balaban J connectivity index is 1.39. The first-order chi connectivity index (χ1) is 18.0. The number of hydrogen-bond acceptors (Lipinski definition) is 6. The topological polar surface area (TPSA) is 105 Å². The average Bonchev–Trinajstić information content (AvgIpc) is 3.58. The second-order valence-electron chi connectivity index (χ2n) is 10.6. The summed E-state index contributed by atoms with van der Waals surface area (Å²) in [6, 6.07) is 12.4. The first-order valence-electron chi connectivity index (χ1n) is 13.2. The molecule has 0 saturated heterocycles. The third-order valence-corrected chi connectivity index (χ3v) is 8.29. The van der Waals surface area contributed by atoms with E-state index in [9.17, 15) is 19.8 Å². The van der Waals surface area contributed by atoms with Crippen molar-refractivity contribution >= 4 is 11.8 Å². The molecular weight excluding hydrogens is 470 g/mol. The maximum atomic E-state index is 13.7. The highest BCUT2D eigenvalue weighted by atomic mass is 16.7. The lowest BCUT2D eigenvalue weighted by atomic mass is 9.71. The average molecular weight is 502 g/mol. The molecule has 6 rings (SSSR count). The quantitative estimate of drug-likeness (QED) is 0.479. The zero-order valence-electron chi connectivity index (χ0n) is 20.7. The first kappa shape index (κ1) is 23.6. The molecule has 2 atom stereocenters. The molecule has 37 heavy (non-hydrogen) atoms. The van der Waals surface area contributed by atoms with Crippen molar-refractivity contribution < 1.29 is 29.3 Å². The summed E-state index contributed by atoms with van der Waals surface area (Å²) in [5, 5.41) is 24.0. The van der Waals surface area contributed by atoms with Crippen LogP contribution in [0.5, 0.6) is 17.2 Å². The number of ether oxygens (including phenoxy) is 2. The fourth-order valence-corrected chi connectivity index (χ4v) is 6.49. The van der Waals surface area contributed by atoms with Gasteiger partial charge in [-0.3, -0.25) is 4.79 Å². The zero-order chi connectivity index (χ0) is 25.5. The number of carboxylic acid groups (broad SMARTS) is 1. The molecule has 0 radical (unpaired) electrons. The fraction of sp³-hybridized carbons (Fsp3) is 0.400. The Labute approximate surface area is 215 Å². The number of carboxylic acids is 1. The minimum Gasteiger partial charge on any atom is -0.508 e. The third kappa shape index (κ3) is 4.47. The van der Waals surface area contributed by atoms with Gasteiger partial charge in [0.05, 0.1) is 5.57 Å².